The summed E-state index contributed by atoms with van der Waals surface area (Å²) < 4.78 is 0. The van der Waals surface area contributed by atoms with Gasteiger partial charge in [-0.25, -0.2) is 0 Å². The van der Waals surface area contributed by atoms with Gasteiger partial charge in [0.15, 0.2) is 0 Å². The molecule has 0 saturated heterocycles. The number of hydrogen-bond acceptors (Lipinski definition) is 1. The Kier molecular flexibility index (Phi) is 9.90. The zero-order chi connectivity index (χ0) is 9.28. The first-order valence-electron chi connectivity index (χ1n) is 3.33. The number of hydrogen-bond donors (Lipinski definition) is 1. The summed E-state index contributed by atoms with van der Waals surface area (Å²) in [6, 6.07) is 0. The van der Waals surface area contributed by atoms with E-state index in [1.807, 2.05) is 26.0 Å². The third-order valence-electron chi connectivity index (χ3n) is 0.687. The predicted molar refractivity (Wildman–Crippen MR) is 51.6 cm³/mol. The largest absolute Gasteiger partial charge is 0.509 e. The van der Waals surface area contributed by atoms with Crippen LogP contribution in [0.15, 0.2) is 49.3 Å². The smallest absolute Gasteiger partial charge is 0.107 e. The molecule has 11 heavy (non-hydrogen) atoms. The first-order valence-corrected chi connectivity index (χ1v) is 3.33. The second kappa shape index (κ2) is 8.76. The van der Waals surface area contributed by atoms with Gasteiger partial charge in [-0.15, -0.1) is 0 Å². The minimum atomic E-state index is 0.0185. The summed E-state index contributed by atoms with van der Waals surface area (Å²) in [7, 11) is 0. The summed E-state index contributed by atoms with van der Waals surface area (Å²) in [5, 5.41) is 8.05. The van der Waals surface area contributed by atoms with Crippen LogP contribution in [0, 0.1) is 0 Å². The fraction of sp³-hybridized carbons (Fsp3) is 0.200. The first kappa shape index (κ1) is 12.4. The molecule has 0 bridgehead atoms. The number of aliphatic hydroxyl groups is 1. The van der Waals surface area contributed by atoms with Crippen LogP contribution in [0.3, 0.4) is 0 Å². The number of rotatable bonds is 2. The van der Waals surface area contributed by atoms with Crippen molar-refractivity contribution in [2.24, 2.45) is 0 Å². The normalized spacial score (nSPS) is 8.18. The SMILES string of the molecule is C=C(C)/C=C\C.C=CC(=C)O. The van der Waals surface area contributed by atoms with Crippen molar-refractivity contribution in [3.8, 4) is 0 Å². The molecule has 0 atom stereocenters. The van der Waals surface area contributed by atoms with Crippen LogP contribution in [-0.4, -0.2) is 5.11 Å². The number of aliphatic hydroxyl groups excluding tert-OH is 1. The van der Waals surface area contributed by atoms with Gasteiger partial charge in [0.25, 0.3) is 0 Å². The molecule has 1 heteroatoms. The lowest BCUT2D eigenvalue weighted by molar-refractivity contribution is 0.435. The Hall–Kier alpha value is -1.24. The van der Waals surface area contributed by atoms with Crippen LogP contribution in [0.1, 0.15) is 13.8 Å². The molecule has 0 spiro atoms. The third kappa shape index (κ3) is 28.3. The lowest BCUT2D eigenvalue weighted by atomic mass is 10.3. The summed E-state index contributed by atoms with van der Waals surface area (Å²) in [4.78, 5) is 0. The Morgan fingerprint density at radius 3 is 1.73 bits per heavy atom. The highest BCUT2D eigenvalue weighted by atomic mass is 16.3. The molecule has 0 amide bonds. The van der Waals surface area contributed by atoms with Crippen molar-refractivity contribution in [2.45, 2.75) is 13.8 Å². The zero-order valence-corrected chi connectivity index (χ0v) is 7.30. The fourth-order valence-electron chi connectivity index (χ4n) is 0.285. The van der Waals surface area contributed by atoms with Gasteiger partial charge in [-0.3, -0.25) is 0 Å². The van der Waals surface area contributed by atoms with E-state index in [1.165, 1.54) is 6.08 Å². The van der Waals surface area contributed by atoms with Gasteiger partial charge in [0, 0.05) is 0 Å². The molecule has 1 N–H and O–H groups in total. The van der Waals surface area contributed by atoms with Crippen molar-refractivity contribution in [3.63, 3.8) is 0 Å². The van der Waals surface area contributed by atoms with E-state index in [2.05, 4.69) is 19.7 Å². The van der Waals surface area contributed by atoms with Crippen LogP contribution in [0.2, 0.25) is 0 Å². The summed E-state index contributed by atoms with van der Waals surface area (Å²) in [6.45, 7) is 13.9. The maximum Gasteiger partial charge on any atom is 0.107 e. The zero-order valence-electron chi connectivity index (χ0n) is 7.30. The van der Waals surface area contributed by atoms with Gasteiger partial charge in [0.05, 0.1) is 0 Å². The molecule has 0 saturated carbocycles. The molecular formula is C10H16O. The summed E-state index contributed by atoms with van der Waals surface area (Å²) in [6.07, 6.45) is 5.22. The van der Waals surface area contributed by atoms with Crippen LogP contribution in [-0.2, 0) is 0 Å². The molecule has 0 aliphatic rings. The Bertz CT molecular complexity index is 164. The molecule has 0 aliphatic carbocycles. The van der Waals surface area contributed by atoms with E-state index in [0.29, 0.717) is 0 Å². The monoisotopic (exact) mass is 152 g/mol. The molecular weight excluding hydrogens is 136 g/mol. The van der Waals surface area contributed by atoms with Gasteiger partial charge in [-0.05, 0) is 19.9 Å². The van der Waals surface area contributed by atoms with Crippen molar-refractivity contribution in [2.75, 3.05) is 0 Å². The molecule has 0 aromatic heterocycles. The summed E-state index contributed by atoms with van der Waals surface area (Å²) in [5.41, 5.74) is 1.11. The van der Waals surface area contributed by atoms with E-state index < -0.39 is 0 Å². The van der Waals surface area contributed by atoms with E-state index in [9.17, 15) is 0 Å². The van der Waals surface area contributed by atoms with Gasteiger partial charge >= 0.3 is 0 Å². The minimum absolute atomic E-state index is 0.0185. The minimum Gasteiger partial charge on any atom is -0.509 e. The van der Waals surface area contributed by atoms with Crippen molar-refractivity contribution >= 4 is 0 Å². The van der Waals surface area contributed by atoms with Gasteiger partial charge in [0.1, 0.15) is 5.76 Å². The van der Waals surface area contributed by atoms with Crippen LogP contribution in [0.25, 0.3) is 0 Å². The Balaban J connectivity index is 0. The molecule has 0 radical (unpaired) electrons. The topological polar surface area (TPSA) is 20.2 Å². The van der Waals surface area contributed by atoms with Crippen molar-refractivity contribution in [1.29, 1.82) is 0 Å². The molecule has 0 rings (SSSR count). The van der Waals surface area contributed by atoms with Gasteiger partial charge in [0.2, 0.25) is 0 Å². The molecule has 62 valence electrons. The Labute approximate surface area is 69.1 Å². The quantitative estimate of drug-likeness (QED) is 0.475. The van der Waals surface area contributed by atoms with Crippen LogP contribution in [0.4, 0.5) is 0 Å². The second-order valence-corrected chi connectivity index (χ2v) is 2.04. The lowest BCUT2D eigenvalue weighted by Gasteiger charge is -1.75. The summed E-state index contributed by atoms with van der Waals surface area (Å²) in [5.74, 6) is 0.0185. The average Bonchev–Trinajstić information content (AvgIpc) is 1.89. The maximum absolute atomic E-state index is 8.05. The molecule has 0 unspecified atom stereocenters. The third-order valence-corrected chi connectivity index (χ3v) is 0.687. The van der Waals surface area contributed by atoms with E-state index >= 15 is 0 Å². The standard InChI is InChI=1S/C6H10.C4H6O/c1-4-5-6(2)3;1-3-4(2)5/h4-5H,2H2,1,3H3;3,5H,1-2H2/b5-4-;. The van der Waals surface area contributed by atoms with E-state index in [4.69, 9.17) is 5.11 Å². The maximum atomic E-state index is 8.05. The molecule has 0 aromatic rings. The van der Waals surface area contributed by atoms with E-state index in [1.54, 1.807) is 0 Å². The van der Waals surface area contributed by atoms with Gasteiger partial charge in [-0.1, -0.05) is 37.5 Å². The van der Waals surface area contributed by atoms with Gasteiger partial charge in [-0.2, -0.15) is 0 Å². The molecule has 0 fully saturated rings. The Morgan fingerprint density at radius 2 is 1.73 bits per heavy atom. The molecule has 0 aromatic carbocycles. The number of allylic oxidation sites excluding steroid dienone is 4. The van der Waals surface area contributed by atoms with Crippen molar-refractivity contribution in [3.05, 3.63) is 49.3 Å². The van der Waals surface area contributed by atoms with Crippen LogP contribution >= 0.6 is 0 Å². The summed E-state index contributed by atoms with van der Waals surface area (Å²) >= 11 is 0. The van der Waals surface area contributed by atoms with E-state index in [0.717, 1.165) is 5.57 Å². The van der Waals surface area contributed by atoms with Crippen LogP contribution in [0.5, 0.6) is 0 Å². The lowest BCUT2D eigenvalue weighted by Crippen LogP contribution is -1.59. The highest BCUT2D eigenvalue weighted by molar-refractivity contribution is 5.09. The van der Waals surface area contributed by atoms with E-state index in [-0.39, 0.29) is 5.76 Å². The first-order chi connectivity index (χ1) is 5.04. The van der Waals surface area contributed by atoms with Crippen molar-refractivity contribution in [1.82, 2.24) is 0 Å². The molecule has 0 aliphatic heterocycles. The van der Waals surface area contributed by atoms with Gasteiger partial charge < -0.3 is 5.11 Å². The molecule has 1 nitrogen and oxygen atoms in total. The second-order valence-electron chi connectivity index (χ2n) is 2.04. The fourth-order valence-corrected chi connectivity index (χ4v) is 0.285. The highest BCUT2D eigenvalue weighted by Crippen LogP contribution is 1.85. The predicted octanol–water partition coefficient (Wildman–Crippen LogP) is 3.38. The van der Waals surface area contributed by atoms with Crippen LogP contribution < -0.4 is 0 Å². The highest BCUT2D eigenvalue weighted by Gasteiger charge is 1.63. The molecule has 0 heterocycles. The average molecular weight is 152 g/mol. The van der Waals surface area contributed by atoms with Crippen molar-refractivity contribution < 1.29 is 5.11 Å². The Morgan fingerprint density at radius 1 is 1.36 bits per heavy atom.